The normalized spacial score (nSPS) is 11.2. The molecule has 3 heteroatoms. The fraction of sp³-hybridized carbons (Fsp3) is 0.857. The van der Waals surface area contributed by atoms with Crippen LogP contribution in [0.5, 0.6) is 0 Å². The van der Waals surface area contributed by atoms with Crippen LogP contribution < -0.4 is 0 Å². The number of ether oxygens (including phenoxy) is 1. The molecule has 0 rings (SSSR count). The zero-order valence-corrected chi connectivity index (χ0v) is 8.19. The van der Waals surface area contributed by atoms with Gasteiger partial charge in [-0.3, -0.25) is 4.79 Å². The van der Waals surface area contributed by atoms with E-state index in [2.05, 4.69) is 15.9 Å². The predicted molar refractivity (Wildman–Crippen MR) is 44.2 cm³/mol. The zero-order chi connectivity index (χ0) is 8.20. The molecule has 0 spiro atoms. The van der Waals surface area contributed by atoms with E-state index < -0.39 is 0 Å². The number of rotatable bonds is 2. The van der Waals surface area contributed by atoms with E-state index in [0.717, 1.165) is 0 Å². The molecule has 0 amide bonds. The number of hydrogen-bond acceptors (Lipinski definition) is 2. The summed E-state index contributed by atoms with van der Waals surface area (Å²) in [5, 5.41) is 0.281. The van der Waals surface area contributed by atoms with Gasteiger partial charge in [-0.05, 0) is 5.41 Å². The Morgan fingerprint density at radius 3 is 2.30 bits per heavy atom. The van der Waals surface area contributed by atoms with Crippen molar-refractivity contribution in [2.24, 2.45) is 5.41 Å². The lowest BCUT2D eigenvalue weighted by atomic mass is 9.99. The second kappa shape index (κ2) is 3.96. The molecular weight excluding hydrogens is 196 g/mol. The second-order valence-corrected chi connectivity index (χ2v) is 3.92. The lowest BCUT2D eigenvalue weighted by Crippen LogP contribution is -2.18. The summed E-state index contributed by atoms with van der Waals surface area (Å²) < 4.78 is 4.87. The van der Waals surface area contributed by atoms with Crippen LogP contribution in [-0.2, 0) is 9.53 Å². The van der Waals surface area contributed by atoms with Gasteiger partial charge in [-0.1, -0.05) is 36.7 Å². The number of esters is 1. The largest absolute Gasteiger partial charge is 0.465 e. The first-order chi connectivity index (χ1) is 4.45. The third-order valence-electron chi connectivity index (χ3n) is 0.775. The molecule has 0 fully saturated rings. The van der Waals surface area contributed by atoms with Crippen LogP contribution in [0.25, 0.3) is 0 Å². The van der Waals surface area contributed by atoms with E-state index in [-0.39, 0.29) is 16.7 Å². The Morgan fingerprint density at radius 1 is 1.50 bits per heavy atom. The lowest BCUT2D eigenvalue weighted by Gasteiger charge is -2.16. The summed E-state index contributed by atoms with van der Waals surface area (Å²) in [6.45, 7) is 6.55. The summed E-state index contributed by atoms with van der Waals surface area (Å²) in [6, 6.07) is 0. The predicted octanol–water partition coefficient (Wildman–Crippen LogP) is 1.97. The molecule has 10 heavy (non-hydrogen) atoms. The average molecular weight is 209 g/mol. The van der Waals surface area contributed by atoms with Gasteiger partial charge in [-0.25, -0.2) is 0 Å². The highest BCUT2D eigenvalue weighted by Crippen LogP contribution is 2.12. The number of hydrogen-bond donors (Lipinski definition) is 0. The first-order valence-corrected chi connectivity index (χ1v) is 4.29. The average Bonchev–Trinajstić information content (AvgIpc) is 1.81. The third-order valence-corrected chi connectivity index (χ3v) is 1.23. The number of carbonyl (C=O) groups excluding carboxylic acids is 1. The standard InChI is InChI=1S/C7H13BrO2/c1-7(2,3)5-10-6(9)4-8/h4-5H2,1-3H3. The minimum absolute atomic E-state index is 0.0673. The van der Waals surface area contributed by atoms with Crippen LogP contribution in [0.4, 0.5) is 0 Å². The van der Waals surface area contributed by atoms with Gasteiger partial charge in [0.2, 0.25) is 0 Å². The Morgan fingerprint density at radius 2 is 2.00 bits per heavy atom. The van der Waals surface area contributed by atoms with Crippen LogP contribution in [0.15, 0.2) is 0 Å². The molecule has 0 aromatic carbocycles. The number of halogens is 1. The molecule has 0 saturated carbocycles. The molecule has 0 unspecified atom stereocenters. The summed E-state index contributed by atoms with van der Waals surface area (Å²) in [4.78, 5) is 10.6. The van der Waals surface area contributed by atoms with Crippen LogP contribution in [0, 0.1) is 5.41 Å². The van der Waals surface area contributed by atoms with Crippen molar-refractivity contribution in [1.29, 1.82) is 0 Å². The molecule has 0 heterocycles. The van der Waals surface area contributed by atoms with Gasteiger partial charge in [0, 0.05) is 0 Å². The van der Waals surface area contributed by atoms with Crippen molar-refractivity contribution < 1.29 is 9.53 Å². The van der Waals surface area contributed by atoms with Gasteiger partial charge in [-0.15, -0.1) is 0 Å². The van der Waals surface area contributed by atoms with E-state index in [1.54, 1.807) is 0 Å². The zero-order valence-electron chi connectivity index (χ0n) is 6.61. The van der Waals surface area contributed by atoms with Gasteiger partial charge < -0.3 is 4.74 Å². The monoisotopic (exact) mass is 208 g/mol. The summed E-state index contributed by atoms with van der Waals surface area (Å²) in [5.41, 5.74) is 0.0673. The molecule has 0 aromatic rings. The Hall–Kier alpha value is -0.0500. The van der Waals surface area contributed by atoms with Crippen LogP contribution in [0.2, 0.25) is 0 Å². The van der Waals surface area contributed by atoms with Crippen molar-refractivity contribution in [1.82, 2.24) is 0 Å². The molecule has 0 aliphatic rings. The van der Waals surface area contributed by atoms with Crippen molar-refractivity contribution >= 4 is 21.9 Å². The minimum Gasteiger partial charge on any atom is -0.465 e. The second-order valence-electron chi connectivity index (χ2n) is 3.35. The van der Waals surface area contributed by atoms with Crippen molar-refractivity contribution in [3.05, 3.63) is 0 Å². The van der Waals surface area contributed by atoms with Crippen molar-refractivity contribution in [2.75, 3.05) is 11.9 Å². The minimum atomic E-state index is -0.199. The van der Waals surface area contributed by atoms with Crippen molar-refractivity contribution in [3.63, 3.8) is 0 Å². The lowest BCUT2D eigenvalue weighted by molar-refractivity contribution is -0.142. The molecule has 0 aliphatic heterocycles. The maximum absolute atomic E-state index is 10.6. The van der Waals surface area contributed by atoms with Gasteiger partial charge >= 0.3 is 5.97 Å². The fourth-order valence-corrected chi connectivity index (χ4v) is 0.497. The summed E-state index contributed by atoms with van der Waals surface area (Å²) in [5.74, 6) is -0.199. The molecule has 0 radical (unpaired) electrons. The Balaban J connectivity index is 3.46. The third kappa shape index (κ3) is 6.08. The first-order valence-electron chi connectivity index (χ1n) is 3.17. The van der Waals surface area contributed by atoms with Crippen molar-refractivity contribution in [2.45, 2.75) is 20.8 Å². The van der Waals surface area contributed by atoms with Gasteiger partial charge in [0.15, 0.2) is 0 Å². The fourth-order valence-electron chi connectivity index (χ4n) is 0.336. The van der Waals surface area contributed by atoms with Crippen LogP contribution >= 0.6 is 15.9 Å². The SMILES string of the molecule is CC(C)(C)COC(=O)CBr. The quantitative estimate of drug-likeness (QED) is 0.513. The van der Waals surface area contributed by atoms with Gasteiger partial charge in [0.25, 0.3) is 0 Å². The van der Waals surface area contributed by atoms with E-state index in [9.17, 15) is 4.79 Å². The Labute approximate surface area is 70.1 Å². The molecular formula is C7H13BrO2. The van der Waals surface area contributed by atoms with E-state index in [1.165, 1.54) is 0 Å². The van der Waals surface area contributed by atoms with Crippen LogP contribution in [0.3, 0.4) is 0 Å². The highest BCUT2D eigenvalue weighted by atomic mass is 79.9. The summed E-state index contributed by atoms with van der Waals surface area (Å²) in [7, 11) is 0. The van der Waals surface area contributed by atoms with E-state index in [1.807, 2.05) is 20.8 Å². The molecule has 0 aliphatic carbocycles. The van der Waals surface area contributed by atoms with Crippen LogP contribution in [-0.4, -0.2) is 17.9 Å². The smallest absolute Gasteiger partial charge is 0.316 e. The first kappa shape index (κ1) is 9.95. The maximum Gasteiger partial charge on any atom is 0.316 e. The highest BCUT2D eigenvalue weighted by molar-refractivity contribution is 9.09. The summed E-state index contributed by atoms with van der Waals surface area (Å²) in [6.07, 6.45) is 0. The van der Waals surface area contributed by atoms with E-state index in [0.29, 0.717) is 6.61 Å². The van der Waals surface area contributed by atoms with Crippen molar-refractivity contribution in [3.8, 4) is 0 Å². The van der Waals surface area contributed by atoms with Gasteiger partial charge in [0.05, 0.1) is 6.61 Å². The summed E-state index contributed by atoms with van der Waals surface area (Å²) >= 11 is 3.01. The van der Waals surface area contributed by atoms with Gasteiger partial charge in [0.1, 0.15) is 5.33 Å². The molecule has 0 saturated heterocycles. The molecule has 0 N–H and O–H groups in total. The highest BCUT2D eigenvalue weighted by Gasteiger charge is 2.12. The topological polar surface area (TPSA) is 26.3 Å². The Kier molecular flexibility index (Phi) is 3.94. The molecule has 2 nitrogen and oxygen atoms in total. The van der Waals surface area contributed by atoms with E-state index in [4.69, 9.17) is 4.74 Å². The molecule has 60 valence electrons. The number of carbonyl (C=O) groups is 1. The molecule has 0 bridgehead atoms. The Bertz CT molecular complexity index is 115. The van der Waals surface area contributed by atoms with Gasteiger partial charge in [-0.2, -0.15) is 0 Å². The van der Waals surface area contributed by atoms with Crippen LogP contribution in [0.1, 0.15) is 20.8 Å². The molecule has 0 aromatic heterocycles. The molecule has 0 atom stereocenters. The van der Waals surface area contributed by atoms with E-state index >= 15 is 0 Å². The maximum atomic E-state index is 10.6. The number of alkyl halides is 1.